The molecule has 6 nitrogen and oxygen atoms in total. The number of aliphatic hydroxyl groups excluding tert-OH is 1. The maximum Gasteiger partial charge on any atom is 0.379 e. The van der Waals surface area contributed by atoms with Crippen molar-refractivity contribution in [3.8, 4) is 0 Å². The summed E-state index contributed by atoms with van der Waals surface area (Å²) in [5.74, 6) is -4.10. The van der Waals surface area contributed by atoms with Crippen LogP contribution in [0.3, 0.4) is 0 Å². The molecule has 0 aromatic carbocycles. The Hall–Kier alpha value is -1.85. The predicted octanol–water partition coefficient (Wildman–Crippen LogP) is 0.514. The van der Waals surface area contributed by atoms with E-state index in [0.717, 1.165) is 6.92 Å². The fourth-order valence-electron chi connectivity index (χ4n) is 0.810. The first kappa shape index (κ1) is 14.2. The maximum atomic E-state index is 11.3. The van der Waals surface area contributed by atoms with Gasteiger partial charge in [-0.2, -0.15) is 0 Å². The Bertz CT molecular complexity index is 328. The van der Waals surface area contributed by atoms with E-state index < -0.39 is 29.1 Å². The highest BCUT2D eigenvalue weighted by Crippen LogP contribution is 2.05. The van der Waals surface area contributed by atoms with Gasteiger partial charge >= 0.3 is 11.9 Å². The van der Waals surface area contributed by atoms with E-state index in [4.69, 9.17) is 0 Å². The summed E-state index contributed by atoms with van der Waals surface area (Å²) < 4.78 is 8.89. The standard InChI is InChI=1S/C10H14O6/c1-4-15-9(13)7(11)6(3)8(12)10(14)16-5-2/h11H,4-5H2,1-3H3/b7-6-. The van der Waals surface area contributed by atoms with Gasteiger partial charge in [0, 0.05) is 0 Å². The third-order valence-corrected chi connectivity index (χ3v) is 1.63. The van der Waals surface area contributed by atoms with Crippen molar-refractivity contribution in [3.05, 3.63) is 11.3 Å². The Labute approximate surface area is 92.8 Å². The van der Waals surface area contributed by atoms with Gasteiger partial charge in [-0.15, -0.1) is 0 Å². The summed E-state index contributed by atoms with van der Waals surface area (Å²) in [6.07, 6.45) is 0. The minimum atomic E-state index is -1.11. The molecule has 1 N–H and O–H groups in total. The molecule has 0 heterocycles. The second-order valence-corrected chi connectivity index (χ2v) is 2.74. The van der Waals surface area contributed by atoms with Crippen molar-refractivity contribution >= 4 is 17.7 Å². The number of aliphatic hydroxyl groups is 1. The van der Waals surface area contributed by atoms with Crippen LogP contribution >= 0.6 is 0 Å². The monoisotopic (exact) mass is 230 g/mol. The van der Waals surface area contributed by atoms with Crippen LogP contribution in [0.15, 0.2) is 11.3 Å². The SMILES string of the molecule is CCOC(=O)C(=O)/C(C)=C(\O)C(=O)OCC. The molecule has 0 saturated carbocycles. The number of hydrogen-bond acceptors (Lipinski definition) is 6. The smallest absolute Gasteiger partial charge is 0.379 e. The van der Waals surface area contributed by atoms with Gasteiger partial charge in [0.15, 0.2) is 0 Å². The first-order valence-electron chi connectivity index (χ1n) is 4.74. The van der Waals surface area contributed by atoms with E-state index in [0.29, 0.717) is 0 Å². The highest BCUT2D eigenvalue weighted by Gasteiger charge is 2.24. The molecule has 16 heavy (non-hydrogen) atoms. The van der Waals surface area contributed by atoms with Gasteiger partial charge in [0.1, 0.15) is 0 Å². The maximum absolute atomic E-state index is 11.3. The molecule has 0 saturated heterocycles. The zero-order valence-electron chi connectivity index (χ0n) is 9.40. The Balaban J connectivity index is 4.81. The van der Waals surface area contributed by atoms with Crippen LogP contribution in [-0.2, 0) is 23.9 Å². The van der Waals surface area contributed by atoms with E-state index >= 15 is 0 Å². The minimum Gasteiger partial charge on any atom is -0.502 e. The average molecular weight is 230 g/mol. The van der Waals surface area contributed by atoms with Gasteiger partial charge < -0.3 is 14.6 Å². The van der Waals surface area contributed by atoms with Crippen molar-refractivity contribution in [3.63, 3.8) is 0 Å². The molecule has 0 atom stereocenters. The number of Topliss-reactive ketones (excluding diaryl/α,β-unsaturated/α-hetero) is 1. The van der Waals surface area contributed by atoms with Gasteiger partial charge in [-0.1, -0.05) is 0 Å². The number of hydrogen-bond donors (Lipinski definition) is 1. The molecule has 0 aliphatic rings. The van der Waals surface area contributed by atoms with E-state index in [2.05, 4.69) is 9.47 Å². The number of ether oxygens (including phenoxy) is 2. The zero-order valence-corrected chi connectivity index (χ0v) is 9.40. The molecule has 0 rings (SSSR count). The fraction of sp³-hybridized carbons (Fsp3) is 0.500. The summed E-state index contributed by atoms with van der Waals surface area (Å²) in [7, 11) is 0. The number of carbonyl (C=O) groups excluding carboxylic acids is 3. The molecule has 0 spiro atoms. The van der Waals surface area contributed by atoms with Crippen molar-refractivity contribution in [2.75, 3.05) is 13.2 Å². The lowest BCUT2D eigenvalue weighted by molar-refractivity contribution is -0.152. The quantitative estimate of drug-likeness (QED) is 0.320. The Morgan fingerprint density at radius 2 is 1.44 bits per heavy atom. The second kappa shape index (κ2) is 6.60. The molecule has 0 amide bonds. The molecule has 0 bridgehead atoms. The van der Waals surface area contributed by atoms with Crippen LogP contribution in [0.5, 0.6) is 0 Å². The van der Waals surface area contributed by atoms with Gasteiger partial charge in [-0.25, -0.2) is 9.59 Å². The normalized spacial score (nSPS) is 11.4. The third kappa shape index (κ3) is 3.72. The molecule has 0 radical (unpaired) electrons. The van der Waals surface area contributed by atoms with Crippen molar-refractivity contribution in [1.29, 1.82) is 0 Å². The van der Waals surface area contributed by atoms with Crippen molar-refractivity contribution in [2.45, 2.75) is 20.8 Å². The van der Waals surface area contributed by atoms with E-state index in [1.54, 1.807) is 6.92 Å². The Kier molecular flexibility index (Phi) is 5.84. The van der Waals surface area contributed by atoms with E-state index in [1.165, 1.54) is 6.92 Å². The predicted molar refractivity (Wildman–Crippen MR) is 53.6 cm³/mol. The summed E-state index contributed by atoms with van der Waals surface area (Å²) in [6, 6.07) is 0. The molecule has 0 aliphatic heterocycles. The van der Waals surface area contributed by atoms with Gasteiger partial charge in [0.25, 0.3) is 5.78 Å². The Morgan fingerprint density at radius 3 is 1.88 bits per heavy atom. The van der Waals surface area contributed by atoms with Crippen LogP contribution in [0, 0.1) is 0 Å². The van der Waals surface area contributed by atoms with Crippen molar-refractivity contribution in [1.82, 2.24) is 0 Å². The number of carbonyl (C=O) groups is 3. The van der Waals surface area contributed by atoms with E-state index in [-0.39, 0.29) is 13.2 Å². The first-order chi connectivity index (χ1) is 7.45. The molecule has 0 aliphatic carbocycles. The molecule has 0 aromatic rings. The molecule has 90 valence electrons. The fourth-order valence-corrected chi connectivity index (χ4v) is 0.810. The average Bonchev–Trinajstić information content (AvgIpc) is 2.26. The van der Waals surface area contributed by atoms with Gasteiger partial charge in [0.05, 0.1) is 18.8 Å². The van der Waals surface area contributed by atoms with Crippen LogP contribution in [0.4, 0.5) is 0 Å². The highest BCUT2D eigenvalue weighted by atomic mass is 16.5. The summed E-state index contributed by atoms with van der Waals surface area (Å²) in [6.45, 7) is 4.33. The van der Waals surface area contributed by atoms with Gasteiger partial charge in [0.2, 0.25) is 5.76 Å². The highest BCUT2D eigenvalue weighted by molar-refractivity contribution is 6.41. The largest absolute Gasteiger partial charge is 0.502 e. The topological polar surface area (TPSA) is 89.9 Å². The minimum absolute atomic E-state index is 0.0397. The van der Waals surface area contributed by atoms with Crippen LogP contribution in [-0.4, -0.2) is 36.0 Å². The third-order valence-electron chi connectivity index (χ3n) is 1.63. The van der Waals surface area contributed by atoms with Crippen LogP contribution in [0.2, 0.25) is 0 Å². The summed E-state index contributed by atoms with van der Waals surface area (Å²) in [5.41, 5.74) is -0.392. The van der Waals surface area contributed by atoms with E-state index in [9.17, 15) is 19.5 Å². The molecular weight excluding hydrogens is 216 g/mol. The van der Waals surface area contributed by atoms with Gasteiger partial charge in [-0.05, 0) is 20.8 Å². The van der Waals surface area contributed by atoms with E-state index in [1.807, 2.05) is 0 Å². The first-order valence-corrected chi connectivity index (χ1v) is 4.74. The van der Waals surface area contributed by atoms with Crippen molar-refractivity contribution in [2.24, 2.45) is 0 Å². The van der Waals surface area contributed by atoms with Crippen LogP contribution in [0.1, 0.15) is 20.8 Å². The lowest BCUT2D eigenvalue weighted by Crippen LogP contribution is -2.21. The number of esters is 2. The second-order valence-electron chi connectivity index (χ2n) is 2.74. The van der Waals surface area contributed by atoms with Crippen molar-refractivity contribution < 1.29 is 29.0 Å². The van der Waals surface area contributed by atoms with Gasteiger partial charge in [-0.3, -0.25) is 4.79 Å². The summed E-state index contributed by atoms with van der Waals surface area (Å²) in [5, 5.41) is 9.28. The molecule has 0 aromatic heterocycles. The number of rotatable bonds is 5. The summed E-state index contributed by atoms with van der Waals surface area (Å²) >= 11 is 0. The summed E-state index contributed by atoms with van der Waals surface area (Å²) in [4.78, 5) is 33.3. The molecular formula is C10H14O6. The van der Waals surface area contributed by atoms with Crippen LogP contribution < -0.4 is 0 Å². The lowest BCUT2D eigenvalue weighted by atomic mass is 10.1. The number of ketones is 1. The Morgan fingerprint density at radius 1 is 1.00 bits per heavy atom. The molecule has 0 unspecified atom stereocenters. The lowest BCUT2D eigenvalue weighted by Gasteiger charge is -2.04. The molecule has 0 fully saturated rings. The molecule has 6 heteroatoms. The zero-order chi connectivity index (χ0) is 12.7. The van der Waals surface area contributed by atoms with Crippen LogP contribution in [0.25, 0.3) is 0 Å².